The summed E-state index contributed by atoms with van der Waals surface area (Å²) in [5.74, 6) is -0.0187. The van der Waals surface area contributed by atoms with Crippen molar-refractivity contribution in [2.45, 2.75) is 57.6 Å². The molecular weight excluding hydrogens is 403 g/mol. The van der Waals surface area contributed by atoms with Crippen LogP contribution in [0.5, 0.6) is 0 Å². The van der Waals surface area contributed by atoms with Crippen LogP contribution in [0.4, 0.5) is 25.4 Å². The third-order valence-corrected chi connectivity index (χ3v) is 5.99. The highest BCUT2D eigenvalue weighted by molar-refractivity contribution is 5.90. The number of halogens is 1. The van der Waals surface area contributed by atoms with Gasteiger partial charge in [0.05, 0.1) is 24.0 Å². The molecule has 1 aromatic rings. The zero-order valence-electron chi connectivity index (χ0n) is 17.9. The highest BCUT2D eigenvalue weighted by Crippen LogP contribution is 2.31. The van der Waals surface area contributed by atoms with Gasteiger partial charge in [0.15, 0.2) is 0 Å². The minimum absolute atomic E-state index is 0.292. The van der Waals surface area contributed by atoms with Crippen LogP contribution in [0.3, 0.4) is 0 Å². The van der Waals surface area contributed by atoms with Crippen molar-refractivity contribution in [2.24, 2.45) is 5.92 Å². The lowest BCUT2D eigenvalue weighted by atomic mass is 9.94. The monoisotopic (exact) mass is 432 g/mol. The highest BCUT2D eigenvalue weighted by atomic mass is 19.1. The van der Waals surface area contributed by atoms with Gasteiger partial charge in [0.2, 0.25) is 0 Å². The van der Waals surface area contributed by atoms with Gasteiger partial charge in [-0.05, 0) is 63.6 Å². The summed E-state index contributed by atoms with van der Waals surface area (Å²) in [4.78, 5) is 26.6. The number of cyclic esters (lactones) is 1. The number of nitrogens with one attached hydrogen (secondary N) is 1. The van der Waals surface area contributed by atoms with Gasteiger partial charge in [0.1, 0.15) is 11.9 Å². The Morgan fingerprint density at radius 3 is 2.71 bits per heavy atom. The average molecular weight is 432 g/mol. The molecule has 0 spiro atoms. The number of carbonyl (C=O) groups is 2. The van der Waals surface area contributed by atoms with E-state index in [0.29, 0.717) is 56.2 Å². The van der Waals surface area contributed by atoms with E-state index >= 15 is 0 Å². The number of piperidine rings is 1. The molecule has 0 aliphatic carbocycles. The van der Waals surface area contributed by atoms with Crippen molar-refractivity contribution in [1.82, 2.24) is 5.32 Å². The third-order valence-electron chi connectivity index (χ3n) is 5.99. The Labute approximate surface area is 181 Å². The fourth-order valence-electron chi connectivity index (χ4n) is 4.18. The number of carbonyl (C=O) groups excluding carboxylic acids is 1. The maximum atomic E-state index is 14.8. The lowest BCUT2D eigenvalue weighted by Gasteiger charge is -2.33. The molecular formula is C22H29FN4O4. The zero-order valence-corrected chi connectivity index (χ0v) is 17.9. The van der Waals surface area contributed by atoms with E-state index in [-0.39, 0.29) is 11.9 Å². The van der Waals surface area contributed by atoms with E-state index in [1.807, 2.05) is 4.90 Å². The Bertz CT molecular complexity index is 862. The van der Waals surface area contributed by atoms with Gasteiger partial charge in [0, 0.05) is 25.0 Å². The van der Waals surface area contributed by atoms with Gasteiger partial charge in [0.25, 0.3) is 0 Å². The normalized spacial score (nSPS) is 19.8. The largest absolute Gasteiger partial charge is 0.465 e. The van der Waals surface area contributed by atoms with Crippen molar-refractivity contribution in [1.29, 1.82) is 5.26 Å². The van der Waals surface area contributed by atoms with E-state index in [0.717, 1.165) is 12.8 Å². The quantitative estimate of drug-likeness (QED) is 0.672. The molecule has 3 rings (SSSR count). The Kier molecular flexibility index (Phi) is 6.88. The number of hydrogen-bond donors (Lipinski definition) is 2. The minimum Gasteiger partial charge on any atom is -0.465 e. The summed E-state index contributed by atoms with van der Waals surface area (Å²) in [7, 11) is 0. The summed E-state index contributed by atoms with van der Waals surface area (Å²) in [6, 6.07) is 6.97. The van der Waals surface area contributed by atoms with Gasteiger partial charge in [-0.2, -0.15) is 5.26 Å². The number of benzene rings is 1. The molecule has 2 saturated heterocycles. The van der Waals surface area contributed by atoms with Crippen LogP contribution in [-0.2, 0) is 4.74 Å². The Balaban J connectivity index is 1.59. The van der Waals surface area contributed by atoms with Gasteiger partial charge in [-0.25, -0.2) is 14.0 Å². The number of carboxylic acid groups (broad SMARTS) is 1. The lowest BCUT2D eigenvalue weighted by molar-refractivity contribution is 0.127. The van der Waals surface area contributed by atoms with Crippen LogP contribution in [0.25, 0.3) is 0 Å². The smallest absolute Gasteiger partial charge is 0.414 e. The predicted octanol–water partition coefficient (Wildman–Crippen LogP) is 4.11. The number of amides is 2. The molecule has 8 nitrogen and oxygen atoms in total. The van der Waals surface area contributed by atoms with Crippen LogP contribution in [0.15, 0.2) is 18.2 Å². The molecule has 2 amide bonds. The maximum absolute atomic E-state index is 14.8. The third kappa shape index (κ3) is 5.78. The second-order valence-corrected chi connectivity index (χ2v) is 8.90. The van der Waals surface area contributed by atoms with E-state index in [9.17, 15) is 14.0 Å². The molecule has 1 aromatic carbocycles. The molecule has 31 heavy (non-hydrogen) atoms. The summed E-state index contributed by atoms with van der Waals surface area (Å²) in [5, 5.41) is 20.2. The number of ether oxygens (including phenoxy) is 1. The number of nitrogens with zero attached hydrogens (tertiary/aromatic N) is 3. The van der Waals surface area contributed by atoms with Gasteiger partial charge in [-0.15, -0.1) is 0 Å². The van der Waals surface area contributed by atoms with Gasteiger partial charge < -0.3 is 20.1 Å². The van der Waals surface area contributed by atoms with Crippen molar-refractivity contribution < 1.29 is 23.8 Å². The molecule has 2 heterocycles. The maximum Gasteiger partial charge on any atom is 0.414 e. The first kappa shape index (κ1) is 22.7. The average Bonchev–Trinajstić information content (AvgIpc) is 3.07. The molecule has 168 valence electrons. The molecule has 0 bridgehead atoms. The molecule has 0 radical (unpaired) electrons. The molecule has 2 aliphatic rings. The topological polar surface area (TPSA) is 106 Å². The number of anilines is 2. The van der Waals surface area contributed by atoms with Crippen molar-refractivity contribution in [2.75, 3.05) is 29.4 Å². The van der Waals surface area contributed by atoms with Crippen LogP contribution in [-0.4, -0.2) is 48.6 Å². The summed E-state index contributed by atoms with van der Waals surface area (Å²) in [6.07, 6.45) is 1.25. The standard InChI is InChI=1S/C22H29FN4O4/c1-22(2,25-20(28)29)9-5-17-14-27(21(30)31-17)16-3-4-19(18(23)13-16)26-11-7-15(6-10-24)8-12-26/h3-4,13,15,17,25H,5-9,11-12,14H2,1-2H3,(H,28,29)/t17-/m0/s1. The van der Waals surface area contributed by atoms with E-state index in [4.69, 9.17) is 15.1 Å². The van der Waals surface area contributed by atoms with Crippen molar-refractivity contribution in [3.63, 3.8) is 0 Å². The SMILES string of the molecule is CC(C)(CC[C@H]1CN(c2ccc(N3CCC(CC#N)CC3)c(F)c2)C(=O)O1)NC(=O)O. The van der Waals surface area contributed by atoms with Gasteiger partial charge in [-0.3, -0.25) is 4.90 Å². The van der Waals surface area contributed by atoms with Gasteiger partial charge in [-0.1, -0.05) is 0 Å². The van der Waals surface area contributed by atoms with Crippen LogP contribution in [0.1, 0.15) is 46.0 Å². The first-order valence-electron chi connectivity index (χ1n) is 10.6. The number of nitriles is 1. The molecule has 2 aliphatic heterocycles. The van der Waals surface area contributed by atoms with Crippen LogP contribution in [0, 0.1) is 23.1 Å². The lowest BCUT2D eigenvalue weighted by Crippen LogP contribution is -2.43. The number of rotatable bonds is 7. The first-order valence-corrected chi connectivity index (χ1v) is 10.6. The Morgan fingerprint density at radius 2 is 2.10 bits per heavy atom. The Hall–Kier alpha value is -3.02. The fraction of sp³-hybridized carbons (Fsp3) is 0.591. The molecule has 1 atom stereocenters. The van der Waals surface area contributed by atoms with E-state index < -0.39 is 17.7 Å². The molecule has 2 fully saturated rings. The summed E-state index contributed by atoms with van der Waals surface area (Å²) in [5.41, 5.74) is 0.306. The van der Waals surface area contributed by atoms with Crippen molar-refractivity contribution in [3.05, 3.63) is 24.0 Å². The minimum atomic E-state index is -1.10. The van der Waals surface area contributed by atoms with Gasteiger partial charge >= 0.3 is 12.2 Å². The highest BCUT2D eigenvalue weighted by Gasteiger charge is 2.34. The van der Waals surface area contributed by atoms with Crippen LogP contribution >= 0.6 is 0 Å². The molecule has 0 saturated carbocycles. The zero-order chi connectivity index (χ0) is 22.6. The summed E-state index contributed by atoms with van der Waals surface area (Å²) < 4.78 is 20.2. The van der Waals surface area contributed by atoms with Crippen molar-refractivity contribution >= 4 is 23.6 Å². The molecule has 0 aromatic heterocycles. The van der Waals surface area contributed by atoms with Crippen LogP contribution in [0.2, 0.25) is 0 Å². The van der Waals surface area contributed by atoms with E-state index in [1.54, 1.807) is 26.0 Å². The second-order valence-electron chi connectivity index (χ2n) is 8.90. The summed E-state index contributed by atoms with van der Waals surface area (Å²) >= 11 is 0. The van der Waals surface area contributed by atoms with E-state index in [1.165, 1.54) is 11.0 Å². The predicted molar refractivity (Wildman–Crippen MR) is 114 cm³/mol. The second kappa shape index (κ2) is 9.41. The van der Waals surface area contributed by atoms with E-state index in [2.05, 4.69) is 11.4 Å². The Morgan fingerprint density at radius 1 is 1.39 bits per heavy atom. The fourth-order valence-corrected chi connectivity index (χ4v) is 4.18. The first-order chi connectivity index (χ1) is 14.7. The van der Waals surface area contributed by atoms with Crippen LogP contribution < -0.4 is 15.1 Å². The summed E-state index contributed by atoms with van der Waals surface area (Å²) in [6.45, 7) is 5.24. The number of hydrogen-bond acceptors (Lipinski definition) is 5. The van der Waals surface area contributed by atoms with Crippen molar-refractivity contribution in [3.8, 4) is 6.07 Å². The molecule has 9 heteroatoms. The molecule has 2 N–H and O–H groups in total. The molecule has 0 unspecified atom stereocenters.